The van der Waals surface area contributed by atoms with E-state index in [1.807, 2.05) is 6.92 Å². The van der Waals surface area contributed by atoms with E-state index in [9.17, 15) is 10.1 Å². The van der Waals surface area contributed by atoms with E-state index < -0.39 is 4.92 Å². The van der Waals surface area contributed by atoms with Gasteiger partial charge in [-0.25, -0.2) is 0 Å². The molecule has 0 aromatic carbocycles. The Labute approximate surface area is 105 Å². The lowest BCUT2D eigenvalue weighted by atomic mass is 10.3. The van der Waals surface area contributed by atoms with E-state index in [1.54, 1.807) is 0 Å². The zero-order chi connectivity index (χ0) is 13.4. The Morgan fingerprint density at radius 3 is 2.89 bits per heavy atom. The summed E-state index contributed by atoms with van der Waals surface area (Å²) in [5.74, 6) is 0.559. The highest BCUT2D eigenvalue weighted by molar-refractivity contribution is 5.56. The summed E-state index contributed by atoms with van der Waals surface area (Å²) < 4.78 is 10.1. The Morgan fingerprint density at radius 2 is 2.28 bits per heavy atom. The van der Waals surface area contributed by atoms with Crippen LogP contribution in [0.3, 0.4) is 0 Å². The molecule has 1 N–H and O–H groups in total. The molecule has 0 amide bonds. The lowest BCUT2D eigenvalue weighted by Gasteiger charge is -2.07. The van der Waals surface area contributed by atoms with Gasteiger partial charge in [-0.15, -0.1) is 0 Å². The number of methoxy groups -OCH3 is 1. The second-order valence-corrected chi connectivity index (χ2v) is 3.46. The molecule has 0 bridgehead atoms. The van der Waals surface area contributed by atoms with Gasteiger partial charge in [0.2, 0.25) is 11.7 Å². The van der Waals surface area contributed by atoms with Crippen LogP contribution in [0.4, 0.5) is 11.5 Å². The molecule has 7 heteroatoms. The van der Waals surface area contributed by atoms with Gasteiger partial charge >= 0.3 is 5.69 Å². The normalized spacial score (nSPS) is 10.1. The highest BCUT2D eigenvalue weighted by atomic mass is 16.6. The molecule has 18 heavy (non-hydrogen) atoms. The van der Waals surface area contributed by atoms with E-state index in [-0.39, 0.29) is 11.5 Å². The number of nitrogens with one attached hydrogen (secondary N) is 1. The van der Waals surface area contributed by atoms with Crippen molar-refractivity contribution in [1.82, 2.24) is 4.98 Å². The summed E-state index contributed by atoms with van der Waals surface area (Å²) in [5.41, 5.74) is -0.0628. The van der Waals surface area contributed by atoms with Gasteiger partial charge in [-0.05, 0) is 13.3 Å². The first kappa shape index (κ1) is 14.2. The number of ether oxygens (including phenoxy) is 2. The summed E-state index contributed by atoms with van der Waals surface area (Å²) >= 11 is 0. The van der Waals surface area contributed by atoms with Crippen LogP contribution in [0, 0.1) is 10.1 Å². The van der Waals surface area contributed by atoms with Crippen LogP contribution >= 0.6 is 0 Å². The number of rotatable bonds is 8. The summed E-state index contributed by atoms with van der Waals surface area (Å²) in [4.78, 5) is 14.4. The van der Waals surface area contributed by atoms with Gasteiger partial charge in [0.15, 0.2) is 0 Å². The zero-order valence-corrected chi connectivity index (χ0v) is 10.5. The average Bonchev–Trinajstić information content (AvgIpc) is 2.38. The van der Waals surface area contributed by atoms with Crippen molar-refractivity contribution < 1.29 is 14.4 Å². The Balaban J connectivity index is 2.63. The van der Waals surface area contributed by atoms with Gasteiger partial charge < -0.3 is 14.8 Å². The molecule has 0 aliphatic carbocycles. The number of anilines is 1. The van der Waals surface area contributed by atoms with Gasteiger partial charge in [-0.1, -0.05) is 0 Å². The average molecular weight is 255 g/mol. The molecule has 100 valence electrons. The summed E-state index contributed by atoms with van der Waals surface area (Å²) in [6.45, 7) is 3.75. The van der Waals surface area contributed by atoms with E-state index in [1.165, 1.54) is 19.2 Å². The first-order valence-electron chi connectivity index (χ1n) is 5.70. The molecule has 0 saturated heterocycles. The molecular weight excluding hydrogens is 238 g/mol. The molecule has 0 fully saturated rings. The minimum absolute atomic E-state index is 0.0628. The standard InChI is InChI=1S/C11H17N3O4/c1-3-18-8-4-7-12-11-9(14(15)16)5-6-10(13-11)17-2/h5-6H,3-4,7-8H2,1-2H3,(H,12,13). The first-order chi connectivity index (χ1) is 8.69. The van der Waals surface area contributed by atoms with Crippen LogP contribution in [0.5, 0.6) is 5.88 Å². The van der Waals surface area contributed by atoms with E-state index in [0.717, 1.165) is 6.42 Å². The minimum atomic E-state index is -0.475. The fourth-order valence-electron chi connectivity index (χ4n) is 1.35. The molecule has 0 spiro atoms. The minimum Gasteiger partial charge on any atom is -0.481 e. The summed E-state index contributed by atoms with van der Waals surface area (Å²) in [6.07, 6.45) is 0.754. The topological polar surface area (TPSA) is 86.5 Å². The maximum Gasteiger partial charge on any atom is 0.311 e. The van der Waals surface area contributed by atoms with Crippen molar-refractivity contribution in [3.8, 4) is 5.88 Å². The van der Waals surface area contributed by atoms with Gasteiger partial charge in [0, 0.05) is 31.9 Å². The lowest BCUT2D eigenvalue weighted by Crippen LogP contribution is -2.09. The lowest BCUT2D eigenvalue weighted by molar-refractivity contribution is -0.384. The SMILES string of the molecule is CCOCCCNc1nc(OC)ccc1[N+](=O)[O-]. The van der Waals surface area contributed by atoms with Crippen LogP contribution < -0.4 is 10.1 Å². The number of hydrogen-bond acceptors (Lipinski definition) is 6. The van der Waals surface area contributed by atoms with Crippen LogP contribution in [-0.2, 0) is 4.74 Å². The number of hydrogen-bond donors (Lipinski definition) is 1. The molecule has 0 aliphatic heterocycles. The van der Waals surface area contributed by atoms with Crippen LogP contribution in [0.1, 0.15) is 13.3 Å². The van der Waals surface area contributed by atoms with Crippen LogP contribution in [-0.4, -0.2) is 36.8 Å². The molecule has 1 aromatic heterocycles. The predicted molar refractivity (Wildman–Crippen MR) is 67.0 cm³/mol. The summed E-state index contributed by atoms with van der Waals surface area (Å²) in [5, 5.41) is 13.7. The molecular formula is C11H17N3O4. The number of nitro groups is 1. The predicted octanol–water partition coefficient (Wildman–Crippen LogP) is 1.84. The second-order valence-electron chi connectivity index (χ2n) is 3.46. The van der Waals surface area contributed by atoms with Gasteiger partial charge in [0.25, 0.3) is 0 Å². The fraction of sp³-hybridized carbons (Fsp3) is 0.545. The van der Waals surface area contributed by atoms with Crippen molar-refractivity contribution in [3.63, 3.8) is 0 Å². The third-order valence-corrected chi connectivity index (χ3v) is 2.22. The maximum atomic E-state index is 10.8. The molecule has 1 rings (SSSR count). The van der Waals surface area contributed by atoms with Gasteiger partial charge in [-0.2, -0.15) is 4.98 Å². The second kappa shape index (κ2) is 7.44. The Hall–Kier alpha value is -1.89. The Morgan fingerprint density at radius 1 is 1.50 bits per heavy atom. The summed E-state index contributed by atoms with van der Waals surface area (Å²) in [6, 6.07) is 2.83. The van der Waals surface area contributed by atoms with Crippen LogP contribution in [0.2, 0.25) is 0 Å². The third-order valence-electron chi connectivity index (χ3n) is 2.22. The maximum absolute atomic E-state index is 10.8. The van der Waals surface area contributed by atoms with Crippen molar-refractivity contribution in [2.24, 2.45) is 0 Å². The molecule has 0 atom stereocenters. The van der Waals surface area contributed by atoms with Crippen molar-refractivity contribution in [2.45, 2.75) is 13.3 Å². The zero-order valence-electron chi connectivity index (χ0n) is 10.5. The van der Waals surface area contributed by atoms with E-state index >= 15 is 0 Å². The largest absolute Gasteiger partial charge is 0.481 e. The van der Waals surface area contributed by atoms with Crippen molar-refractivity contribution in [3.05, 3.63) is 22.2 Å². The van der Waals surface area contributed by atoms with Gasteiger partial charge in [0.05, 0.1) is 12.0 Å². The van der Waals surface area contributed by atoms with Crippen molar-refractivity contribution in [1.29, 1.82) is 0 Å². The first-order valence-corrected chi connectivity index (χ1v) is 5.70. The molecule has 1 aromatic rings. The molecule has 0 radical (unpaired) electrons. The molecule has 0 unspecified atom stereocenters. The van der Waals surface area contributed by atoms with E-state index in [0.29, 0.717) is 25.6 Å². The molecule has 0 aliphatic rings. The Kier molecular flexibility index (Phi) is 5.86. The third kappa shape index (κ3) is 4.17. The van der Waals surface area contributed by atoms with Crippen LogP contribution in [0.15, 0.2) is 12.1 Å². The highest BCUT2D eigenvalue weighted by Crippen LogP contribution is 2.24. The molecule has 1 heterocycles. The number of nitrogens with zero attached hydrogens (tertiary/aromatic N) is 2. The number of aromatic nitrogens is 1. The van der Waals surface area contributed by atoms with Crippen LogP contribution in [0.25, 0.3) is 0 Å². The number of pyridine rings is 1. The van der Waals surface area contributed by atoms with E-state index in [4.69, 9.17) is 9.47 Å². The fourth-order valence-corrected chi connectivity index (χ4v) is 1.35. The van der Waals surface area contributed by atoms with Gasteiger partial charge in [0.1, 0.15) is 0 Å². The molecule has 0 saturated carbocycles. The smallest absolute Gasteiger partial charge is 0.311 e. The molecule has 7 nitrogen and oxygen atoms in total. The summed E-state index contributed by atoms with van der Waals surface area (Å²) in [7, 11) is 1.47. The quantitative estimate of drug-likeness (QED) is 0.433. The van der Waals surface area contributed by atoms with E-state index in [2.05, 4.69) is 10.3 Å². The Bertz CT molecular complexity index is 398. The van der Waals surface area contributed by atoms with Gasteiger partial charge in [-0.3, -0.25) is 10.1 Å². The monoisotopic (exact) mass is 255 g/mol. The van der Waals surface area contributed by atoms with Crippen molar-refractivity contribution in [2.75, 3.05) is 32.2 Å². The highest BCUT2D eigenvalue weighted by Gasteiger charge is 2.15. The van der Waals surface area contributed by atoms with Crippen molar-refractivity contribution >= 4 is 11.5 Å².